The van der Waals surface area contributed by atoms with Gasteiger partial charge in [-0.2, -0.15) is 0 Å². The number of carbonyl (C=O) groups excluding carboxylic acids is 1. The second-order valence-electron chi connectivity index (χ2n) is 17.4. The number of rotatable bonds is 7. The highest BCUT2D eigenvalue weighted by atomic mass is 16.4. The van der Waals surface area contributed by atoms with Crippen molar-refractivity contribution in [1.29, 1.82) is 0 Å². The predicted molar refractivity (Wildman–Crippen MR) is 184 cm³/mol. The molecule has 1 aromatic carbocycles. The van der Waals surface area contributed by atoms with Crippen LogP contribution in [0.3, 0.4) is 0 Å². The second kappa shape index (κ2) is 11.3. The molecular formula is C40H58N2O4. The lowest BCUT2D eigenvalue weighted by Crippen LogP contribution is -2.66. The molecule has 10 atom stereocenters. The summed E-state index contributed by atoms with van der Waals surface area (Å²) in [7, 11) is 0. The number of hydrogen-bond donors (Lipinski definition) is 4. The molecule has 4 fully saturated rings. The lowest BCUT2D eigenvalue weighted by molar-refractivity contribution is -0.225. The van der Waals surface area contributed by atoms with E-state index in [-0.39, 0.29) is 46.6 Å². The minimum Gasteiger partial charge on any atom is -0.478 e. The highest BCUT2D eigenvalue weighted by Gasteiger charge is 2.71. The maximum Gasteiger partial charge on any atom is 0.335 e. The Labute approximate surface area is 276 Å². The predicted octanol–water partition coefficient (Wildman–Crippen LogP) is 7.47. The zero-order chi connectivity index (χ0) is 33.4. The molecule has 46 heavy (non-hydrogen) atoms. The third kappa shape index (κ3) is 4.63. The van der Waals surface area contributed by atoms with Crippen molar-refractivity contribution in [1.82, 2.24) is 5.32 Å². The van der Waals surface area contributed by atoms with Crippen LogP contribution in [0, 0.1) is 56.7 Å². The van der Waals surface area contributed by atoms with Gasteiger partial charge in [0, 0.05) is 13.1 Å². The summed E-state index contributed by atoms with van der Waals surface area (Å²) in [5.41, 5.74) is 9.79. The Kier molecular flexibility index (Phi) is 8.24. The molecule has 6 nitrogen and oxygen atoms in total. The molecule has 6 rings (SSSR count). The van der Waals surface area contributed by atoms with Crippen molar-refractivity contribution in [2.45, 2.75) is 105 Å². The van der Waals surface area contributed by atoms with E-state index in [0.717, 1.165) is 44.1 Å². The van der Waals surface area contributed by atoms with Gasteiger partial charge in [0.2, 0.25) is 5.91 Å². The van der Waals surface area contributed by atoms with Crippen LogP contribution in [-0.2, 0) is 4.79 Å². The van der Waals surface area contributed by atoms with Crippen LogP contribution >= 0.6 is 0 Å². The smallest absolute Gasteiger partial charge is 0.335 e. The van der Waals surface area contributed by atoms with Crippen LogP contribution < -0.4 is 11.1 Å². The summed E-state index contributed by atoms with van der Waals surface area (Å²) in [6.45, 7) is 19.7. The number of benzene rings is 1. The quantitative estimate of drug-likeness (QED) is 0.234. The van der Waals surface area contributed by atoms with Gasteiger partial charge in [-0.15, -0.1) is 0 Å². The summed E-state index contributed by atoms with van der Waals surface area (Å²) in [6, 6.07) is 7.49. The molecule has 1 unspecified atom stereocenters. The number of amides is 1. The van der Waals surface area contributed by atoms with E-state index >= 15 is 0 Å². The van der Waals surface area contributed by atoms with Crippen molar-refractivity contribution < 1.29 is 19.8 Å². The molecule has 0 aliphatic heterocycles. The molecular weight excluding hydrogens is 572 g/mol. The number of carbonyl (C=O) groups is 2. The Morgan fingerprint density at radius 3 is 2.28 bits per heavy atom. The zero-order valence-corrected chi connectivity index (χ0v) is 29.1. The van der Waals surface area contributed by atoms with Crippen LogP contribution in [0.1, 0.15) is 115 Å². The lowest BCUT2D eigenvalue weighted by Gasteiger charge is -2.72. The third-order valence-electron chi connectivity index (χ3n) is 15.3. The molecule has 1 aromatic rings. The van der Waals surface area contributed by atoms with Gasteiger partial charge in [-0.25, -0.2) is 4.79 Å². The number of carboxylic acids is 1. The molecule has 0 radical (unpaired) electrons. The average Bonchev–Trinajstić information content (AvgIpc) is 3.41. The molecule has 0 heterocycles. The SMILES string of the molecule is C=C(C)[C@@H]1CC[C@]2(C(=O)NCC(O)CN)CC[C@]3(C)[C@H](CC[C@@H]4[C@@]5(C)CC=C(c6ccc(C(=O)O)cc6)C(C)(C)[C@@H]5CC[C@]43C)[C@@H]12. The number of aromatic carboxylic acids is 1. The summed E-state index contributed by atoms with van der Waals surface area (Å²) in [5.74, 6) is 1.48. The Hall–Kier alpha value is -2.44. The summed E-state index contributed by atoms with van der Waals surface area (Å²) in [4.78, 5) is 25.6. The molecule has 0 spiro atoms. The molecule has 5 N–H and O–H groups in total. The van der Waals surface area contributed by atoms with Crippen LogP contribution in [0.5, 0.6) is 0 Å². The first-order valence-corrected chi connectivity index (χ1v) is 17.9. The third-order valence-corrected chi connectivity index (χ3v) is 15.3. The van der Waals surface area contributed by atoms with Gasteiger partial charge >= 0.3 is 5.97 Å². The number of fused-ring (bicyclic) bond motifs is 7. The standard InChI is InChI=1S/C40H58N2O4/c1-24(2)28-14-19-40(35(46)42-23-27(43)22-41)21-20-38(6)30(33(28)40)12-13-32-37(5)17-15-29(25-8-10-26(11-9-25)34(44)45)36(3,4)31(37)16-18-39(32,38)7/h8-11,15,27-28,30-33,43H,1,12-14,16-23,41H2,2-7H3,(H,42,46)(H,44,45)/t27?,28-,30+,31-,32+,33+,37-,38+,39+,40-/m0/s1. The Morgan fingerprint density at radius 1 is 0.957 bits per heavy atom. The Balaban J connectivity index is 1.33. The molecule has 5 aliphatic rings. The van der Waals surface area contributed by atoms with E-state index < -0.39 is 17.5 Å². The second-order valence-corrected chi connectivity index (χ2v) is 17.4. The van der Waals surface area contributed by atoms with Crippen LogP contribution in [0.2, 0.25) is 0 Å². The van der Waals surface area contributed by atoms with E-state index in [4.69, 9.17) is 5.73 Å². The topological polar surface area (TPSA) is 113 Å². The van der Waals surface area contributed by atoms with Crippen LogP contribution in [-0.4, -0.2) is 41.3 Å². The minimum absolute atomic E-state index is 0.0266. The molecule has 6 heteroatoms. The van der Waals surface area contributed by atoms with Gasteiger partial charge in [0.05, 0.1) is 17.1 Å². The largest absolute Gasteiger partial charge is 0.478 e. The monoisotopic (exact) mass is 630 g/mol. The molecule has 0 saturated heterocycles. The number of nitrogens with two attached hydrogens (primary N) is 1. The van der Waals surface area contributed by atoms with Crippen molar-refractivity contribution in [2.24, 2.45) is 62.4 Å². The van der Waals surface area contributed by atoms with Crippen molar-refractivity contribution in [3.05, 3.63) is 53.6 Å². The number of carboxylic acid groups (broad SMARTS) is 1. The van der Waals surface area contributed by atoms with Crippen LogP contribution in [0.25, 0.3) is 5.57 Å². The minimum atomic E-state index is -0.884. The van der Waals surface area contributed by atoms with E-state index in [1.165, 1.54) is 30.4 Å². The lowest BCUT2D eigenvalue weighted by atomic mass is 9.32. The highest BCUT2D eigenvalue weighted by molar-refractivity contribution is 5.88. The average molecular weight is 631 g/mol. The highest BCUT2D eigenvalue weighted by Crippen LogP contribution is 2.77. The van der Waals surface area contributed by atoms with E-state index in [0.29, 0.717) is 29.2 Å². The number of aliphatic hydroxyl groups is 1. The van der Waals surface area contributed by atoms with E-state index in [1.807, 2.05) is 12.1 Å². The first-order chi connectivity index (χ1) is 21.6. The normalized spacial score (nSPS) is 41.6. The number of allylic oxidation sites excluding steroid dienone is 3. The van der Waals surface area contributed by atoms with E-state index in [9.17, 15) is 19.8 Å². The first kappa shape index (κ1) is 33.5. The van der Waals surface area contributed by atoms with Gasteiger partial charge in [0.15, 0.2) is 0 Å². The Morgan fingerprint density at radius 2 is 1.65 bits per heavy atom. The van der Waals surface area contributed by atoms with Gasteiger partial charge < -0.3 is 21.3 Å². The van der Waals surface area contributed by atoms with E-state index in [1.54, 1.807) is 12.1 Å². The zero-order valence-electron chi connectivity index (χ0n) is 29.1. The van der Waals surface area contributed by atoms with Crippen molar-refractivity contribution in [2.75, 3.05) is 13.1 Å². The fraction of sp³-hybridized carbons (Fsp3) is 0.700. The summed E-state index contributed by atoms with van der Waals surface area (Å²) >= 11 is 0. The number of hydrogen-bond acceptors (Lipinski definition) is 4. The van der Waals surface area contributed by atoms with Crippen molar-refractivity contribution in [3.8, 4) is 0 Å². The van der Waals surface area contributed by atoms with Gasteiger partial charge in [-0.05, 0) is 139 Å². The fourth-order valence-corrected chi connectivity index (χ4v) is 12.9. The summed E-state index contributed by atoms with van der Waals surface area (Å²) in [5, 5.41) is 22.8. The maximum absolute atomic E-state index is 14.1. The van der Waals surface area contributed by atoms with Gasteiger partial charge in [0.1, 0.15) is 0 Å². The molecule has 1 amide bonds. The maximum atomic E-state index is 14.1. The fourth-order valence-electron chi connectivity index (χ4n) is 12.9. The van der Waals surface area contributed by atoms with Crippen LogP contribution in [0.4, 0.5) is 0 Å². The molecule has 0 bridgehead atoms. The number of nitrogens with one attached hydrogen (secondary N) is 1. The van der Waals surface area contributed by atoms with Gasteiger partial charge in [-0.3, -0.25) is 4.79 Å². The molecule has 5 aliphatic carbocycles. The number of aliphatic hydroxyl groups excluding tert-OH is 1. The molecule has 0 aromatic heterocycles. The summed E-state index contributed by atoms with van der Waals surface area (Å²) < 4.78 is 0. The Bertz CT molecular complexity index is 1430. The molecule has 252 valence electrons. The molecule has 4 saturated carbocycles. The van der Waals surface area contributed by atoms with Crippen molar-refractivity contribution in [3.63, 3.8) is 0 Å². The van der Waals surface area contributed by atoms with Gasteiger partial charge in [0.25, 0.3) is 0 Å². The van der Waals surface area contributed by atoms with Crippen molar-refractivity contribution >= 4 is 17.4 Å². The van der Waals surface area contributed by atoms with E-state index in [2.05, 4.69) is 59.5 Å². The van der Waals surface area contributed by atoms with Gasteiger partial charge in [-0.1, -0.05) is 65.0 Å². The summed E-state index contributed by atoms with van der Waals surface area (Å²) in [6.07, 6.45) is 11.5. The van der Waals surface area contributed by atoms with Crippen LogP contribution in [0.15, 0.2) is 42.5 Å². The first-order valence-electron chi connectivity index (χ1n) is 17.9.